The van der Waals surface area contributed by atoms with Gasteiger partial charge in [-0.05, 0) is 25.3 Å². The maximum atomic E-state index is 12.4. The van der Waals surface area contributed by atoms with Crippen molar-refractivity contribution in [2.24, 2.45) is 5.92 Å². The molecule has 5 nitrogen and oxygen atoms in total. The molecule has 3 rings (SSSR count). The molecule has 2 aliphatic rings. The first-order valence-electron chi connectivity index (χ1n) is 6.91. The summed E-state index contributed by atoms with van der Waals surface area (Å²) in [5.74, 6) is 0.310. The zero-order valence-electron chi connectivity index (χ0n) is 11.3. The fourth-order valence-electron chi connectivity index (χ4n) is 2.90. The normalized spacial score (nSPS) is 23.0. The summed E-state index contributed by atoms with van der Waals surface area (Å²) in [7, 11) is 0. The van der Waals surface area contributed by atoms with Crippen LogP contribution in [-0.4, -0.2) is 47.1 Å². The Morgan fingerprint density at radius 1 is 1.37 bits per heavy atom. The third-order valence-corrected chi connectivity index (χ3v) is 4.09. The number of hydrogen-bond donors (Lipinski definition) is 0. The first kappa shape index (κ1) is 12.5. The molecule has 0 N–H and O–H groups in total. The van der Waals surface area contributed by atoms with Crippen LogP contribution in [0.1, 0.15) is 23.4 Å². The van der Waals surface area contributed by atoms with Gasteiger partial charge in [0, 0.05) is 37.5 Å². The highest BCUT2D eigenvalue weighted by atomic mass is 16.5. The van der Waals surface area contributed by atoms with E-state index in [0.29, 0.717) is 6.61 Å². The van der Waals surface area contributed by atoms with Gasteiger partial charge in [0.15, 0.2) is 0 Å². The average molecular weight is 261 g/mol. The second-order valence-corrected chi connectivity index (χ2v) is 5.27. The molecule has 1 atom stereocenters. The van der Waals surface area contributed by atoms with Crippen LogP contribution in [-0.2, 0) is 22.4 Å². The van der Waals surface area contributed by atoms with Crippen LogP contribution in [0.5, 0.6) is 0 Å². The number of ether oxygens (including phenoxy) is 1. The Morgan fingerprint density at radius 2 is 2.21 bits per heavy atom. The highest BCUT2D eigenvalue weighted by Crippen LogP contribution is 2.20. The van der Waals surface area contributed by atoms with Crippen LogP contribution in [0.4, 0.5) is 0 Å². The molecule has 3 heterocycles. The molecule has 19 heavy (non-hydrogen) atoms. The second kappa shape index (κ2) is 5.25. The van der Waals surface area contributed by atoms with E-state index in [0.717, 1.165) is 50.3 Å². The van der Waals surface area contributed by atoms with Crippen LogP contribution >= 0.6 is 0 Å². The fraction of sp³-hybridized carbons (Fsp3) is 0.643. The quantitative estimate of drug-likeness (QED) is 0.748. The van der Waals surface area contributed by atoms with Gasteiger partial charge in [-0.3, -0.25) is 4.79 Å². The number of fused-ring (bicyclic) bond motifs is 1. The lowest BCUT2D eigenvalue weighted by Crippen LogP contribution is -2.38. The van der Waals surface area contributed by atoms with Gasteiger partial charge >= 0.3 is 0 Å². The first-order chi connectivity index (χ1) is 9.25. The molecule has 1 fully saturated rings. The van der Waals surface area contributed by atoms with Crippen molar-refractivity contribution >= 4 is 5.91 Å². The number of nitrogens with zero attached hydrogens (tertiary/aromatic N) is 3. The standard InChI is InChI=1S/C14H19N3O2/c1-10-12-2-5-17(6-3-13(12)16-9-15-10)14(18)11-4-7-19-8-11/h9,11H,2-8H2,1H3/t11-/m1/s1. The molecule has 0 unspecified atom stereocenters. The van der Waals surface area contributed by atoms with Crippen molar-refractivity contribution in [2.45, 2.75) is 26.2 Å². The Balaban J connectivity index is 1.72. The summed E-state index contributed by atoms with van der Waals surface area (Å²) in [5, 5.41) is 0. The molecule has 102 valence electrons. The van der Waals surface area contributed by atoms with Crippen molar-refractivity contribution in [3.05, 3.63) is 23.3 Å². The van der Waals surface area contributed by atoms with E-state index in [1.165, 1.54) is 5.56 Å². The topological polar surface area (TPSA) is 55.3 Å². The van der Waals surface area contributed by atoms with E-state index in [-0.39, 0.29) is 11.8 Å². The van der Waals surface area contributed by atoms with Gasteiger partial charge in [0.25, 0.3) is 0 Å². The number of rotatable bonds is 1. The minimum atomic E-state index is 0.0633. The number of amides is 1. The van der Waals surface area contributed by atoms with E-state index in [2.05, 4.69) is 9.97 Å². The monoisotopic (exact) mass is 261 g/mol. The van der Waals surface area contributed by atoms with E-state index >= 15 is 0 Å². The Kier molecular flexibility index (Phi) is 3.46. The van der Waals surface area contributed by atoms with Crippen molar-refractivity contribution in [2.75, 3.05) is 26.3 Å². The third kappa shape index (κ3) is 2.47. The average Bonchev–Trinajstić information content (AvgIpc) is 2.85. The van der Waals surface area contributed by atoms with Crippen LogP contribution < -0.4 is 0 Å². The van der Waals surface area contributed by atoms with E-state index in [4.69, 9.17) is 4.74 Å². The third-order valence-electron chi connectivity index (χ3n) is 4.09. The lowest BCUT2D eigenvalue weighted by molar-refractivity contribution is -0.135. The predicted octanol–water partition coefficient (Wildman–Crippen LogP) is 0.749. The van der Waals surface area contributed by atoms with Crippen molar-refractivity contribution in [3.8, 4) is 0 Å². The van der Waals surface area contributed by atoms with E-state index in [1.807, 2.05) is 11.8 Å². The van der Waals surface area contributed by atoms with Gasteiger partial charge < -0.3 is 9.64 Å². The molecule has 0 aromatic carbocycles. The maximum Gasteiger partial charge on any atom is 0.228 e. The van der Waals surface area contributed by atoms with Gasteiger partial charge in [0.2, 0.25) is 5.91 Å². The minimum Gasteiger partial charge on any atom is -0.381 e. The maximum absolute atomic E-state index is 12.4. The van der Waals surface area contributed by atoms with Crippen molar-refractivity contribution in [1.82, 2.24) is 14.9 Å². The molecule has 1 amide bonds. The summed E-state index contributed by atoms with van der Waals surface area (Å²) in [6, 6.07) is 0. The van der Waals surface area contributed by atoms with E-state index in [9.17, 15) is 4.79 Å². The molecule has 0 aliphatic carbocycles. The summed E-state index contributed by atoms with van der Waals surface area (Å²) in [4.78, 5) is 23.0. The van der Waals surface area contributed by atoms with Gasteiger partial charge in [-0.1, -0.05) is 0 Å². The highest BCUT2D eigenvalue weighted by molar-refractivity contribution is 5.79. The molecule has 0 radical (unpaired) electrons. The minimum absolute atomic E-state index is 0.0633. The van der Waals surface area contributed by atoms with Crippen LogP contribution in [0.3, 0.4) is 0 Å². The van der Waals surface area contributed by atoms with Gasteiger partial charge in [-0.25, -0.2) is 9.97 Å². The van der Waals surface area contributed by atoms with Crippen LogP contribution in [0.25, 0.3) is 0 Å². The van der Waals surface area contributed by atoms with E-state index < -0.39 is 0 Å². The summed E-state index contributed by atoms with van der Waals surface area (Å²) in [5.41, 5.74) is 3.37. The number of carbonyl (C=O) groups excluding carboxylic acids is 1. The molecule has 2 aliphatic heterocycles. The Morgan fingerprint density at radius 3 is 3.00 bits per heavy atom. The predicted molar refractivity (Wildman–Crippen MR) is 69.7 cm³/mol. The molecular weight excluding hydrogens is 242 g/mol. The number of aryl methyl sites for hydroxylation is 1. The fourth-order valence-corrected chi connectivity index (χ4v) is 2.90. The smallest absolute Gasteiger partial charge is 0.228 e. The Labute approximate surface area is 113 Å². The van der Waals surface area contributed by atoms with Crippen LogP contribution in [0.2, 0.25) is 0 Å². The number of aromatic nitrogens is 2. The van der Waals surface area contributed by atoms with Gasteiger partial charge in [0.05, 0.1) is 12.5 Å². The SMILES string of the molecule is Cc1ncnc2c1CCN(C(=O)[C@@H]1CCOC1)CC2. The van der Waals surface area contributed by atoms with Gasteiger partial charge in [0.1, 0.15) is 6.33 Å². The molecular formula is C14H19N3O2. The zero-order valence-corrected chi connectivity index (χ0v) is 11.3. The summed E-state index contributed by atoms with van der Waals surface area (Å²) < 4.78 is 5.31. The molecule has 0 spiro atoms. The van der Waals surface area contributed by atoms with Gasteiger partial charge in [-0.15, -0.1) is 0 Å². The summed E-state index contributed by atoms with van der Waals surface area (Å²) in [6.07, 6.45) is 4.18. The second-order valence-electron chi connectivity index (χ2n) is 5.27. The Bertz CT molecular complexity index is 484. The first-order valence-corrected chi connectivity index (χ1v) is 6.91. The molecule has 5 heteroatoms. The Hall–Kier alpha value is -1.49. The summed E-state index contributed by atoms with van der Waals surface area (Å²) in [6.45, 7) is 4.86. The van der Waals surface area contributed by atoms with Crippen molar-refractivity contribution in [3.63, 3.8) is 0 Å². The lowest BCUT2D eigenvalue weighted by Gasteiger charge is -2.23. The molecule has 1 aromatic rings. The van der Waals surface area contributed by atoms with Gasteiger partial charge in [-0.2, -0.15) is 0 Å². The number of hydrogen-bond acceptors (Lipinski definition) is 4. The lowest BCUT2D eigenvalue weighted by atomic mass is 10.1. The van der Waals surface area contributed by atoms with Crippen molar-refractivity contribution in [1.29, 1.82) is 0 Å². The largest absolute Gasteiger partial charge is 0.381 e. The molecule has 1 aromatic heterocycles. The molecule has 1 saturated heterocycles. The summed E-state index contributed by atoms with van der Waals surface area (Å²) >= 11 is 0. The van der Waals surface area contributed by atoms with Crippen LogP contribution in [0.15, 0.2) is 6.33 Å². The number of carbonyl (C=O) groups is 1. The molecule has 0 saturated carbocycles. The molecule has 0 bridgehead atoms. The van der Waals surface area contributed by atoms with Crippen molar-refractivity contribution < 1.29 is 9.53 Å². The highest BCUT2D eigenvalue weighted by Gasteiger charge is 2.29. The zero-order chi connectivity index (χ0) is 13.2. The van der Waals surface area contributed by atoms with E-state index in [1.54, 1.807) is 6.33 Å². The van der Waals surface area contributed by atoms with Crippen LogP contribution in [0, 0.1) is 12.8 Å².